The molecule has 2 N–H and O–H groups in total. The molecule has 1 aliphatic rings. The number of fused-ring (bicyclic) bond motifs is 1. The van der Waals surface area contributed by atoms with Crippen molar-refractivity contribution >= 4 is 22.9 Å². The van der Waals surface area contributed by atoms with Crippen molar-refractivity contribution < 1.29 is 24.2 Å². The van der Waals surface area contributed by atoms with Gasteiger partial charge in [0.25, 0.3) is 5.56 Å². The number of piperidine rings is 1. The molecule has 0 spiro atoms. The van der Waals surface area contributed by atoms with Crippen LogP contribution in [-0.2, 0) is 17.8 Å². The molecule has 0 saturated carbocycles. The van der Waals surface area contributed by atoms with Crippen molar-refractivity contribution in [1.82, 2.24) is 14.5 Å². The van der Waals surface area contributed by atoms with Gasteiger partial charge < -0.3 is 19.7 Å². The number of hydrogen-bond acceptors (Lipinski definition) is 5. The third-order valence-electron chi connectivity index (χ3n) is 5.69. The monoisotopic (exact) mass is 439 g/mol. The van der Waals surface area contributed by atoms with Crippen LogP contribution in [0, 0.1) is 5.82 Å². The number of carboxylic acids is 1. The molecule has 4 rings (SSSR count). The van der Waals surface area contributed by atoms with Crippen molar-refractivity contribution in [2.45, 2.75) is 32.2 Å². The SMILES string of the molecule is O=C(O)c1c(O)c2ncc(Cc3ccc(F)cc3)cc2n(CCN2CCCCC2=O)c1=O. The van der Waals surface area contributed by atoms with Gasteiger partial charge in [0.1, 0.15) is 11.3 Å². The molecule has 1 aliphatic heterocycles. The standard InChI is InChI=1S/C23H22FN3O5/c24-16-6-4-14(5-7-16)11-15-12-17-20(25-13-15)21(29)19(23(31)32)22(30)27(17)10-9-26-8-2-1-3-18(26)28/h4-7,12-13,29H,1-3,8-11H2,(H,31,32). The van der Waals surface area contributed by atoms with Crippen LogP contribution in [0.1, 0.15) is 40.7 Å². The molecule has 9 heteroatoms. The van der Waals surface area contributed by atoms with E-state index < -0.39 is 22.8 Å². The Labute approximate surface area is 182 Å². The summed E-state index contributed by atoms with van der Waals surface area (Å²) < 4.78 is 14.4. The lowest BCUT2D eigenvalue weighted by Gasteiger charge is -2.27. The predicted octanol–water partition coefficient (Wildman–Crippen LogP) is 2.54. The highest BCUT2D eigenvalue weighted by Crippen LogP contribution is 2.26. The number of aromatic hydroxyl groups is 1. The fourth-order valence-electron chi connectivity index (χ4n) is 4.02. The Balaban J connectivity index is 1.76. The minimum atomic E-state index is -1.55. The van der Waals surface area contributed by atoms with E-state index in [1.165, 1.54) is 22.9 Å². The minimum absolute atomic E-state index is 0.000893. The molecule has 3 aromatic rings. The number of carbonyl (C=O) groups excluding carboxylic acids is 1. The van der Waals surface area contributed by atoms with Crippen LogP contribution in [0.3, 0.4) is 0 Å². The molecule has 8 nitrogen and oxygen atoms in total. The summed E-state index contributed by atoms with van der Waals surface area (Å²) in [4.78, 5) is 42.6. The van der Waals surface area contributed by atoms with Crippen molar-refractivity contribution in [2.24, 2.45) is 0 Å². The number of aromatic nitrogens is 2. The largest absolute Gasteiger partial charge is 0.505 e. The fraction of sp³-hybridized carbons (Fsp3) is 0.304. The Morgan fingerprint density at radius 3 is 2.53 bits per heavy atom. The number of hydrogen-bond donors (Lipinski definition) is 2. The Morgan fingerprint density at radius 2 is 1.84 bits per heavy atom. The zero-order chi connectivity index (χ0) is 22.8. The number of pyridine rings is 2. The van der Waals surface area contributed by atoms with E-state index >= 15 is 0 Å². The van der Waals surface area contributed by atoms with Gasteiger partial charge in [-0.25, -0.2) is 9.18 Å². The van der Waals surface area contributed by atoms with Crippen LogP contribution in [-0.4, -0.2) is 49.6 Å². The average molecular weight is 439 g/mol. The quantitative estimate of drug-likeness (QED) is 0.610. The molecule has 3 heterocycles. The summed E-state index contributed by atoms with van der Waals surface area (Å²) >= 11 is 0. The number of benzene rings is 1. The van der Waals surface area contributed by atoms with Crippen LogP contribution in [0.25, 0.3) is 11.0 Å². The van der Waals surface area contributed by atoms with Gasteiger partial charge in [-0.15, -0.1) is 0 Å². The summed E-state index contributed by atoms with van der Waals surface area (Å²) in [5.74, 6) is -2.58. The van der Waals surface area contributed by atoms with Crippen molar-refractivity contribution in [2.75, 3.05) is 13.1 Å². The van der Waals surface area contributed by atoms with Crippen molar-refractivity contribution in [1.29, 1.82) is 0 Å². The third kappa shape index (κ3) is 4.18. The topological polar surface area (TPSA) is 113 Å². The fourth-order valence-corrected chi connectivity index (χ4v) is 4.02. The Bertz CT molecular complexity index is 1250. The Kier molecular flexibility index (Phi) is 5.89. The van der Waals surface area contributed by atoms with Crippen LogP contribution in [0.2, 0.25) is 0 Å². The van der Waals surface area contributed by atoms with Crippen LogP contribution >= 0.6 is 0 Å². The van der Waals surface area contributed by atoms with E-state index in [4.69, 9.17) is 0 Å². The molecule has 0 atom stereocenters. The zero-order valence-electron chi connectivity index (χ0n) is 17.3. The molecule has 0 radical (unpaired) electrons. The summed E-state index contributed by atoms with van der Waals surface area (Å²) in [5, 5.41) is 19.9. The smallest absolute Gasteiger partial charge is 0.345 e. The number of likely N-dealkylation sites (tertiary alicyclic amines) is 1. The molecule has 0 bridgehead atoms. The molecule has 1 saturated heterocycles. The third-order valence-corrected chi connectivity index (χ3v) is 5.69. The molecule has 1 aromatic carbocycles. The summed E-state index contributed by atoms with van der Waals surface area (Å²) in [6.07, 6.45) is 4.05. The number of halogens is 1. The number of rotatable bonds is 6. The Morgan fingerprint density at radius 1 is 1.09 bits per heavy atom. The average Bonchev–Trinajstić information content (AvgIpc) is 2.76. The van der Waals surface area contributed by atoms with E-state index in [1.54, 1.807) is 23.1 Å². The maximum atomic E-state index is 13.2. The summed E-state index contributed by atoms with van der Waals surface area (Å²) in [6, 6.07) is 7.64. The van der Waals surface area contributed by atoms with Gasteiger partial charge in [0.15, 0.2) is 11.3 Å². The van der Waals surface area contributed by atoms with E-state index in [0.717, 1.165) is 18.4 Å². The number of carbonyl (C=O) groups is 2. The highest BCUT2D eigenvalue weighted by Gasteiger charge is 2.24. The van der Waals surface area contributed by atoms with Gasteiger partial charge in [-0.1, -0.05) is 12.1 Å². The van der Waals surface area contributed by atoms with Crippen LogP contribution in [0.15, 0.2) is 41.3 Å². The predicted molar refractivity (Wildman–Crippen MR) is 114 cm³/mol. The molecule has 2 aromatic heterocycles. The van der Waals surface area contributed by atoms with Crippen molar-refractivity contribution in [3.8, 4) is 5.75 Å². The second-order valence-electron chi connectivity index (χ2n) is 7.84. The van der Waals surface area contributed by atoms with Gasteiger partial charge in [-0.2, -0.15) is 0 Å². The molecule has 0 unspecified atom stereocenters. The van der Waals surface area contributed by atoms with Crippen molar-refractivity contribution in [3.63, 3.8) is 0 Å². The van der Waals surface area contributed by atoms with Crippen LogP contribution in [0.4, 0.5) is 4.39 Å². The molecule has 166 valence electrons. The highest BCUT2D eigenvalue weighted by atomic mass is 19.1. The summed E-state index contributed by atoms with van der Waals surface area (Å²) in [6.45, 7) is 0.909. The maximum Gasteiger partial charge on any atom is 0.345 e. The molecule has 1 fully saturated rings. The van der Waals surface area contributed by atoms with Crippen LogP contribution in [0.5, 0.6) is 5.75 Å². The van der Waals surface area contributed by atoms with Gasteiger partial charge in [0, 0.05) is 32.3 Å². The van der Waals surface area contributed by atoms with Crippen molar-refractivity contribution in [3.05, 3.63) is 69.4 Å². The van der Waals surface area contributed by atoms with Gasteiger partial charge in [-0.05, 0) is 48.6 Å². The van der Waals surface area contributed by atoms with E-state index in [1.807, 2.05) is 0 Å². The first kappa shape index (κ1) is 21.5. The maximum absolute atomic E-state index is 13.2. The first-order chi connectivity index (χ1) is 15.3. The second-order valence-corrected chi connectivity index (χ2v) is 7.84. The summed E-state index contributed by atoms with van der Waals surface area (Å²) in [7, 11) is 0. The molecular formula is C23H22FN3O5. The van der Waals surface area contributed by atoms with Crippen LogP contribution < -0.4 is 5.56 Å². The van der Waals surface area contributed by atoms with Gasteiger partial charge in [0.2, 0.25) is 5.91 Å². The molecule has 0 aliphatic carbocycles. The zero-order valence-corrected chi connectivity index (χ0v) is 17.3. The van der Waals surface area contributed by atoms with E-state index in [9.17, 15) is 29.0 Å². The minimum Gasteiger partial charge on any atom is -0.505 e. The lowest BCUT2D eigenvalue weighted by molar-refractivity contribution is -0.133. The lowest BCUT2D eigenvalue weighted by Crippen LogP contribution is -2.39. The van der Waals surface area contributed by atoms with E-state index in [0.29, 0.717) is 24.9 Å². The van der Waals surface area contributed by atoms with Gasteiger partial charge in [-0.3, -0.25) is 14.6 Å². The first-order valence-corrected chi connectivity index (χ1v) is 10.3. The number of nitrogens with zero attached hydrogens (tertiary/aromatic N) is 3. The Hall–Kier alpha value is -3.75. The number of carboxylic acid groups (broad SMARTS) is 1. The molecule has 32 heavy (non-hydrogen) atoms. The number of aromatic carboxylic acids is 1. The summed E-state index contributed by atoms with van der Waals surface area (Å²) in [5.41, 5.74) is 0.200. The lowest BCUT2D eigenvalue weighted by atomic mass is 10.1. The van der Waals surface area contributed by atoms with Gasteiger partial charge in [0.05, 0.1) is 5.52 Å². The number of amides is 1. The van der Waals surface area contributed by atoms with Gasteiger partial charge >= 0.3 is 5.97 Å². The van der Waals surface area contributed by atoms with E-state index in [-0.39, 0.29) is 35.8 Å². The molecule has 1 amide bonds. The highest BCUT2D eigenvalue weighted by molar-refractivity contribution is 5.97. The second kappa shape index (κ2) is 8.78. The molecular weight excluding hydrogens is 417 g/mol. The van der Waals surface area contributed by atoms with E-state index in [2.05, 4.69) is 4.98 Å². The first-order valence-electron chi connectivity index (χ1n) is 10.3. The normalized spacial score (nSPS) is 14.2.